The number of amides is 15. The van der Waals surface area contributed by atoms with E-state index in [-0.39, 0.29) is 43.3 Å². The molecule has 1 fully saturated rings. The van der Waals surface area contributed by atoms with Crippen molar-refractivity contribution in [3.8, 4) is 11.1 Å². The predicted octanol–water partition coefficient (Wildman–Crippen LogP) is -3.46. The van der Waals surface area contributed by atoms with E-state index in [4.69, 9.17) is 20.9 Å². The van der Waals surface area contributed by atoms with Crippen LogP contribution in [-0.2, 0) is 91.0 Å². The van der Waals surface area contributed by atoms with Gasteiger partial charge in [0.05, 0.1) is 51.8 Å². The Balaban J connectivity index is 1.59. The van der Waals surface area contributed by atoms with Crippen LogP contribution in [0.25, 0.3) is 11.1 Å². The van der Waals surface area contributed by atoms with E-state index in [0.717, 1.165) is 75.1 Å². The lowest BCUT2D eigenvalue weighted by atomic mass is 9.96. The van der Waals surface area contributed by atoms with Crippen molar-refractivity contribution in [2.45, 2.75) is 196 Å². The Morgan fingerprint density at radius 2 is 1.05 bits per heavy atom. The Bertz CT molecular complexity index is 4170. The summed E-state index contributed by atoms with van der Waals surface area (Å²) in [4.78, 5) is 272. The number of ether oxygens (including phenoxy) is 2. The highest BCUT2D eigenvalue weighted by molar-refractivity contribution is 6.05. The monoisotopic (exact) mass is 1670 g/mol. The molecule has 119 heavy (non-hydrogen) atoms. The van der Waals surface area contributed by atoms with E-state index >= 15 is 0 Å². The Morgan fingerprint density at radius 1 is 0.529 bits per heavy atom. The summed E-state index contributed by atoms with van der Waals surface area (Å²) in [6.07, 6.45) is -4.77. The van der Waals surface area contributed by atoms with Gasteiger partial charge in [-0.2, -0.15) is 0 Å². The first-order valence-electron chi connectivity index (χ1n) is 38.2. The number of ketones is 1. The Hall–Kier alpha value is -13.4. The first-order chi connectivity index (χ1) is 56.4. The maximum atomic E-state index is 14.9. The molecule has 648 valence electrons. The summed E-state index contributed by atoms with van der Waals surface area (Å²) in [5.41, 5.74) is 14.7. The molecule has 43 heteroatoms. The van der Waals surface area contributed by atoms with Crippen molar-refractivity contribution in [3.05, 3.63) is 89.5 Å². The minimum Gasteiger partial charge on any atom is -0.481 e. The van der Waals surface area contributed by atoms with E-state index in [9.17, 15) is 121 Å². The lowest BCUT2D eigenvalue weighted by Gasteiger charge is -2.30. The summed E-state index contributed by atoms with van der Waals surface area (Å²) in [7, 11) is 0. The van der Waals surface area contributed by atoms with E-state index < -0.39 is 256 Å². The van der Waals surface area contributed by atoms with Gasteiger partial charge in [-0.1, -0.05) is 113 Å². The van der Waals surface area contributed by atoms with Crippen molar-refractivity contribution >= 4 is 124 Å². The number of anilines is 1. The lowest BCUT2D eigenvalue weighted by Crippen LogP contribution is -2.61. The molecule has 0 bridgehead atoms. The number of carboxylic acid groups (broad SMARTS) is 4. The zero-order chi connectivity index (χ0) is 88.2. The summed E-state index contributed by atoms with van der Waals surface area (Å²) in [5.74, 6) is -28.5. The van der Waals surface area contributed by atoms with Crippen LogP contribution in [0.4, 0.5) is 15.3 Å². The number of urea groups is 1. The number of carbonyl (C=O) groups excluding carboxylic acids is 16. The SMILES string of the molecule is CCCCCCCCCNC(=O)N[C@@H](CC(N)=O)C(=O)N[C@@H](CC(=O)O)C(=O)NC1C(=O)NCC(=O)NC(CCCNC(=O)OCC2c3ccccc3-c3ccccc32)C(=O)NC(CC(=O)O)C(=O)NC(C)C(=O)NC(CC(=O)O)C(=O)NCC(=O)NC(CO)C(=O)NC(C(C)CC(=O)O)C(=O)NC(CC(=O)c2ccccc2N)C(=O)OC1C. The van der Waals surface area contributed by atoms with E-state index in [1.54, 1.807) is 0 Å². The van der Waals surface area contributed by atoms with Gasteiger partial charge in [-0.25, -0.2) is 14.4 Å². The van der Waals surface area contributed by atoms with Gasteiger partial charge in [0.25, 0.3) is 0 Å². The third-order valence-corrected chi connectivity index (χ3v) is 18.7. The van der Waals surface area contributed by atoms with Gasteiger partial charge < -0.3 is 121 Å². The number of cyclic esters (lactones) is 1. The molecular formula is C76H102N16O27. The van der Waals surface area contributed by atoms with Crippen molar-refractivity contribution in [3.63, 3.8) is 0 Å². The lowest BCUT2D eigenvalue weighted by molar-refractivity contribution is -0.156. The maximum absolute atomic E-state index is 14.9. The number of aliphatic hydroxyl groups excluding tert-OH is 1. The molecule has 1 aliphatic carbocycles. The van der Waals surface area contributed by atoms with Crippen LogP contribution in [0.5, 0.6) is 0 Å². The second kappa shape index (κ2) is 48.2. The molecule has 15 amide bonds. The van der Waals surface area contributed by atoms with Crippen molar-refractivity contribution in [1.82, 2.24) is 74.4 Å². The number of para-hydroxylation sites is 1. The number of nitrogens with two attached hydrogens (primary N) is 2. The van der Waals surface area contributed by atoms with Crippen LogP contribution >= 0.6 is 0 Å². The minimum atomic E-state index is -2.45. The van der Waals surface area contributed by atoms with Gasteiger partial charge in [0.1, 0.15) is 73.1 Å². The van der Waals surface area contributed by atoms with Gasteiger partial charge in [0.15, 0.2) is 5.78 Å². The molecular weight excluding hydrogens is 1570 g/mol. The normalized spacial score (nSPS) is 20.9. The average molecular weight is 1670 g/mol. The number of fused-ring (bicyclic) bond motifs is 3. The highest BCUT2D eigenvalue weighted by atomic mass is 16.6. The molecule has 1 saturated heterocycles. The van der Waals surface area contributed by atoms with Crippen molar-refractivity contribution in [1.29, 1.82) is 0 Å². The molecule has 23 N–H and O–H groups in total. The number of nitrogens with one attached hydrogen (secondary N) is 14. The van der Waals surface area contributed by atoms with Crippen LogP contribution in [0.15, 0.2) is 72.8 Å². The van der Waals surface area contributed by atoms with Gasteiger partial charge >= 0.3 is 42.0 Å². The number of hydrogen-bond donors (Lipinski definition) is 21. The molecule has 3 aromatic carbocycles. The summed E-state index contributed by atoms with van der Waals surface area (Å²) in [6.45, 7) is 0.849. The number of carbonyl (C=O) groups is 20. The number of benzene rings is 3. The number of carboxylic acids is 4. The van der Waals surface area contributed by atoms with Crippen LogP contribution in [0.1, 0.15) is 151 Å². The largest absolute Gasteiger partial charge is 0.481 e. The fourth-order valence-corrected chi connectivity index (χ4v) is 12.5. The first kappa shape index (κ1) is 96.2. The quantitative estimate of drug-likeness (QED) is 0.0120. The molecule has 0 spiro atoms. The van der Waals surface area contributed by atoms with Crippen molar-refractivity contribution < 1.29 is 131 Å². The van der Waals surface area contributed by atoms with Gasteiger partial charge in [-0.05, 0) is 73.4 Å². The van der Waals surface area contributed by atoms with Gasteiger partial charge in [0, 0.05) is 36.7 Å². The number of alkyl carbamates (subject to hydrolysis) is 1. The van der Waals surface area contributed by atoms with Gasteiger partial charge in [0.2, 0.25) is 70.9 Å². The number of hydrogen-bond acceptors (Lipinski definition) is 24. The number of primary amides is 1. The molecule has 1 aliphatic heterocycles. The van der Waals surface area contributed by atoms with Crippen molar-refractivity contribution in [2.75, 3.05) is 45.1 Å². The third kappa shape index (κ3) is 32.0. The first-order valence-corrected chi connectivity index (χ1v) is 38.2. The average Bonchev–Trinajstić information content (AvgIpc) is 1.61. The van der Waals surface area contributed by atoms with Crippen LogP contribution in [0.2, 0.25) is 0 Å². The Labute approximate surface area is 681 Å². The standard InChI is InChI=1S/C76H102N16O27/c1-5-6-7-8-9-10-17-26-79-75(116)90-49(30-56(78)95)69(110)88-52(33-62(104)105)70(111)92-64-40(4)119-74(115)53(29-55(94)45-23-15-16-24-47(45)77)89-73(114)63(38(2)28-59(98)99)91-71(112)54(36-93)85-58(97)34-81-66(107)50(31-60(100)101)86-65(106)39(3)83-68(109)51(32-61(102)103)87-67(108)48(84-57(96)35-82-72(64)113)25-18-27-80-76(117)118-37-46-43-21-13-11-19-41(43)42-20-12-14-22-44(42)46/h11-16,19-24,38-40,46,48-54,63-64,93H,5-10,17-18,25-37,77H2,1-4H3,(H2,78,95)(H,80,117)(H,81,107)(H,82,113)(H,83,109)(H,84,96)(H,85,97)(H,86,106)(H,87,108)(H,88,110)(H,89,114)(H,91,112)(H,92,111)(H,98,99)(H,100,101)(H,102,103)(H,104,105)(H2,79,90,116)/t38?,39?,40?,48?,49-,50?,51?,52-,53?,54?,63?,64?/m0/s1. The maximum Gasteiger partial charge on any atom is 0.407 e. The second-order valence-electron chi connectivity index (χ2n) is 28.2. The molecule has 5 rings (SSSR count). The van der Waals surface area contributed by atoms with E-state index in [1.807, 2.05) is 64.5 Å². The fourth-order valence-electron chi connectivity index (χ4n) is 12.5. The number of esters is 1. The minimum absolute atomic E-state index is 0.0948. The molecule has 2 aliphatic rings. The van der Waals surface area contributed by atoms with Crippen LogP contribution in [0, 0.1) is 5.92 Å². The number of Topliss-reactive ketones (excluding diaryl/α,β-unsaturated/α-hetero) is 1. The molecule has 0 radical (unpaired) electrons. The Kier molecular flexibility index (Phi) is 39.0. The third-order valence-electron chi connectivity index (χ3n) is 18.7. The van der Waals surface area contributed by atoms with Crippen molar-refractivity contribution in [2.24, 2.45) is 11.7 Å². The van der Waals surface area contributed by atoms with Crippen LogP contribution < -0.4 is 85.9 Å². The fraction of sp³-hybridized carbons (Fsp3) is 0.500. The summed E-state index contributed by atoms with van der Waals surface area (Å²) >= 11 is 0. The Morgan fingerprint density at radius 3 is 1.64 bits per heavy atom. The molecule has 3 aromatic rings. The summed E-state index contributed by atoms with van der Waals surface area (Å²) in [6, 6.07) is -2.15. The van der Waals surface area contributed by atoms with Gasteiger partial charge in [-0.3, -0.25) is 81.5 Å². The predicted molar refractivity (Wildman–Crippen MR) is 414 cm³/mol. The topological polar surface area (TPSA) is 681 Å². The van der Waals surface area contributed by atoms with Crippen LogP contribution in [-0.4, -0.2) is 250 Å². The number of unbranched alkanes of at least 4 members (excludes halogenated alkanes) is 6. The highest BCUT2D eigenvalue weighted by Crippen LogP contribution is 2.44. The summed E-state index contributed by atoms with van der Waals surface area (Å²) < 4.78 is 11.3. The van der Waals surface area contributed by atoms with Gasteiger partial charge in [-0.15, -0.1) is 0 Å². The zero-order valence-corrected chi connectivity index (χ0v) is 65.7. The molecule has 43 nitrogen and oxygen atoms in total. The molecule has 0 aromatic heterocycles. The highest BCUT2D eigenvalue weighted by Gasteiger charge is 2.41. The molecule has 0 saturated carbocycles. The van der Waals surface area contributed by atoms with E-state index in [1.165, 1.54) is 24.3 Å². The second-order valence-corrected chi connectivity index (χ2v) is 28.2. The smallest absolute Gasteiger partial charge is 0.407 e. The molecule has 1 heterocycles. The van der Waals surface area contributed by atoms with E-state index in [0.29, 0.717) is 12.8 Å². The number of aliphatic hydroxyl groups is 1. The van der Waals surface area contributed by atoms with E-state index in [2.05, 4.69) is 65.4 Å². The molecule has 12 atom stereocenters. The number of nitrogen functional groups attached to an aromatic ring is 1. The number of rotatable bonds is 34. The zero-order valence-electron chi connectivity index (χ0n) is 65.7. The number of aliphatic carboxylic acids is 4. The molecule has 10 unspecified atom stereocenters. The van der Waals surface area contributed by atoms with Crippen LogP contribution in [0.3, 0.4) is 0 Å². The summed E-state index contributed by atoms with van der Waals surface area (Å²) in [5, 5.41) is 80.6.